The second-order valence-electron chi connectivity index (χ2n) is 3.64. The Bertz CT molecular complexity index is 390. The van der Waals surface area contributed by atoms with E-state index in [9.17, 15) is 4.79 Å². The SMILES string of the molecule is COC(=O)C1CCc2cccc(N)c2N1. The third kappa shape index (κ3) is 1.75. The lowest BCUT2D eigenvalue weighted by molar-refractivity contribution is -0.141. The number of para-hydroxylation sites is 1. The van der Waals surface area contributed by atoms with E-state index in [1.54, 1.807) is 0 Å². The van der Waals surface area contributed by atoms with Gasteiger partial charge in [0.1, 0.15) is 6.04 Å². The summed E-state index contributed by atoms with van der Waals surface area (Å²) < 4.78 is 4.70. The molecule has 2 rings (SSSR count). The van der Waals surface area contributed by atoms with Gasteiger partial charge in [0.25, 0.3) is 0 Å². The second-order valence-corrected chi connectivity index (χ2v) is 3.64. The number of nitrogen functional groups attached to an aromatic ring is 1. The number of anilines is 2. The summed E-state index contributed by atoms with van der Waals surface area (Å²) >= 11 is 0. The first-order valence-electron chi connectivity index (χ1n) is 4.94. The molecule has 0 bridgehead atoms. The maximum Gasteiger partial charge on any atom is 0.328 e. The van der Waals surface area contributed by atoms with E-state index in [-0.39, 0.29) is 12.0 Å². The highest BCUT2D eigenvalue weighted by molar-refractivity contribution is 5.83. The minimum Gasteiger partial charge on any atom is -0.467 e. The molecule has 0 amide bonds. The minimum absolute atomic E-state index is 0.232. The van der Waals surface area contributed by atoms with Crippen LogP contribution in [0.25, 0.3) is 0 Å². The molecule has 4 nitrogen and oxygen atoms in total. The topological polar surface area (TPSA) is 64.3 Å². The zero-order chi connectivity index (χ0) is 10.8. The average Bonchev–Trinajstić information content (AvgIpc) is 2.28. The van der Waals surface area contributed by atoms with Gasteiger partial charge < -0.3 is 15.8 Å². The Morgan fingerprint density at radius 1 is 1.60 bits per heavy atom. The van der Waals surface area contributed by atoms with Crippen LogP contribution in [0.3, 0.4) is 0 Å². The van der Waals surface area contributed by atoms with Crippen LogP contribution in [0.2, 0.25) is 0 Å². The normalized spacial score (nSPS) is 18.9. The number of nitrogens with two attached hydrogens (primary N) is 1. The third-order valence-corrected chi connectivity index (χ3v) is 2.69. The first kappa shape index (κ1) is 9.83. The number of carbonyl (C=O) groups excluding carboxylic acids is 1. The second kappa shape index (κ2) is 3.81. The number of carbonyl (C=O) groups is 1. The van der Waals surface area contributed by atoms with Crippen molar-refractivity contribution >= 4 is 17.3 Å². The van der Waals surface area contributed by atoms with Crippen LogP contribution in [-0.2, 0) is 16.0 Å². The van der Waals surface area contributed by atoms with Crippen molar-refractivity contribution in [3.05, 3.63) is 23.8 Å². The molecule has 1 aromatic carbocycles. The number of methoxy groups -OCH3 is 1. The lowest BCUT2D eigenvalue weighted by atomic mass is 9.97. The Kier molecular flexibility index (Phi) is 2.49. The van der Waals surface area contributed by atoms with E-state index in [4.69, 9.17) is 10.5 Å². The number of fused-ring (bicyclic) bond motifs is 1. The van der Waals surface area contributed by atoms with Crippen molar-refractivity contribution in [3.63, 3.8) is 0 Å². The predicted molar refractivity (Wildman–Crippen MR) is 58.6 cm³/mol. The van der Waals surface area contributed by atoms with Gasteiger partial charge in [-0.2, -0.15) is 0 Å². The van der Waals surface area contributed by atoms with Crippen LogP contribution in [0.15, 0.2) is 18.2 Å². The Morgan fingerprint density at radius 2 is 2.40 bits per heavy atom. The number of ether oxygens (including phenoxy) is 1. The van der Waals surface area contributed by atoms with E-state index in [0.29, 0.717) is 5.69 Å². The molecule has 1 heterocycles. The lowest BCUT2D eigenvalue weighted by Gasteiger charge is -2.26. The van der Waals surface area contributed by atoms with Crippen LogP contribution in [0.4, 0.5) is 11.4 Å². The number of aryl methyl sites for hydroxylation is 1. The Hall–Kier alpha value is -1.71. The molecule has 1 unspecified atom stereocenters. The number of rotatable bonds is 1. The molecule has 1 atom stereocenters. The molecule has 80 valence electrons. The van der Waals surface area contributed by atoms with E-state index in [0.717, 1.165) is 24.1 Å². The Balaban J connectivity index is 2.26. The molecule has 1 aliphatic rings. The minimum atomic E-state index is -0.271. The van der Waals surface area contributed by atoms with E-state index in [2.05, 4.69) is 5.32 Å². The number of nitrogens with one attached hydrogen (secondary N) is 1. The largest absolute Gasteiger partial charge is 0.467 e. The predicted octanol–water partition coefficient (Wildman–Crippen LogP) is 1.17. The molecular formula is C11H14N2O2. The maximum atomic E-state index is 11.4. The number of hydrogen-bond acceptors (Lipinski definition) is 4. The molecule has 0 saturated carbocycles. The van der Waals surface area contributed by atoms with Gasteiger partial charge in [-0.15, -0.1) is 0 Å². The van der Waals surface area contributed by atoms with Gasteiger partial charge in [-0.25, -0.2) is 4.79 Å². The van der Waals surface area contributed by atoms with Crippen molar-refractivity contribution in [2.45, 2.75) is 18.9 Å². The molecule has 0 radical (unpaired) electrons. The van der Waals surface area contributed by atoms with Crippen molar-refractivity contribution in [1.29, 1.82) is 0 Å². The van der Waals surface area contributed by atoms with Gasteiger partial charge in [-0.1, -0.05) is 12.1 Å². The van der Waals surface area contributed by atoms with Crippen LogP contribution < -0.4 is 11.1 Å². The standard InChI is InChI=1S/C11H14N2O2/c1-15-11(14)9-6-5-7-3-2-4-8(12)10(7)13-9/h2-4,9,13H,5-6,12H2,1H3. The first-order valence-corrected chi connectivity index (χ1v) is 4.94. The fourth-order valence-corrected chi connectivity index (χ4v) is 1.87. The Morgan fingerprint density at radius 3 is 3.13 bits per heavy atom. The van der Waals surface area contributed by atoms with E-state index in [1.807, 2.05) is 18.2 Å². The van der Waals surface area contributed by atoms with Gasteiger partial charge in [0.05, 0.1) is 18.5 Å². The summed E-state index contributed by atoms with van der Waals surface area (Å²) in [4.78, 5) is 11.4. The van der Waals surface area contributed by atoms with Crippen LogP contribution in [0.1, 0.15) is 12.0 Å². The van der Waals surface area contributed by atoms with E-state index in [1.165, 1.54) is 7.11 Å². The van der Waals surface area contributed by atoms with Crippen molar-refractivity contribution in [3.8, 4) is 0 Å². The van der Waals surface area contributed by atoms with E-state index < -0.39 is 0 Å². The smallest absolute Gasteiger partial charge is 0.328 e. The van der Waals surface area contributed by atoms with Crippen molar-refractivity contribution in [2.24, 2.45) is 0 Å². The van der Waals surface area contributed by atoms with Crippen molar-refractivity contribution < 1.29 is 9.53 Å². The summed E-state index contributed by atoms with van der Waals surface area (Å²) in [6, 6.07) is 5.50. The van der Waals surface area contributed by atoms with Crippen LogP contribution >= 0.6 is 0 Å². The molecule has 0 fully saturated rings. The fourth-order valence-electron chi connectivity index (χ4n) is 1.87. The zero-order valence-corrected chi connectivity index (χ0v) is 8.62. The number of hydrogen-bond donors (Lipinski definition) is 2. The zero-order valence-electron chi connectivity index (χ0n) is 8.62. The van der Waals surface area contributed by atoms with E-state index >= 15 is 0 Å². The molecule has 0 aliphatic carbocycles. The Labute approximate surface area is 88.4 Å². The highest BCUT2D eigenvalue weighted by atomic mass is 16.5. The molecule has 1 aromatic rings. The van der Waals surface area contributed by atoms with Gasteiger partial charge in [-0.3, -0.25) is 0 Å². The van der Waals surface area contributed by atoms with Gasteiger partial charge in [0.15, 0.2) is 0 Å². The number of benzene rings is 1. The van der Waals surface area contributed by atoms with Gasteiger partial charge in [0, 0.05) is 0 Å². The summed E-state index contributed by atoms with van der Waals surface area (Å²) in [6.07, 6.45) is 1.61. The third-order valence-electron chi connectivity index (χ3n) is 2.69. The van der Waals surface area contributed by atoms with Gasteiger partial charge in [0.2, 0.25) is 0 Å². The van der Waals surface area contributed by atoms with Gasteiger partial charge >= 0.3 is 5.97 Å². The summed E-state index contributed by atoms with van der Waals surface area (Å²) in [5.41, 5.74) is 8.55. The van der Waals surface area contributed by atoms with Gasteiger partial charge in [-0.05, 0) is 24.5 Å². The molecule has 0 aromatic heterocycles. The van der Waals surface area contributed by atoms with Crippen LogP contribution in [0.5, 0.6) is 0 Å². The first-order chi connectivity index (χ1) is 7.22. The average molecular weight is 206 g/mol. The van der Waals surface area contributed by atoms with Crippen LogP contribution in [-0.4, -0.2) is 19.1 Å². The fraction of sp³-hybridized carbons (Fsp3) is 0.364. The highest BCUT2D eigenvalue weighted by Gasteiger charge is 2.25. The molecular weight excluding hydrogens is 192 g/mol. The summed E-state index contributed by atoms with van der Waals surface area (Å²) in [5, 5.41) is 3.12. The monoisotopic (exact) mass is 206 g/mol. The highest BCUT2D eigenvalue weighted by Crippen LogP contribution is 2.30. The molecule has 0 saturated heterocycles. The quantitative estimate of drug-likeness (QED) is 0.534. The maximum absolute atomic E-state index is 11.4. The molecule has 1 aliphatic heterocycles. The molecule has 3 N–H and O–H groups in total. The van der Waals surface area contributed by atoms with Crippen molar-refractivity contribution in [2.75, 3.05) is 18.2 Å². The van der Waals surface area contributed by atoms with Crippen molar-refractivity contribution in [1.82, 2.24) is 0 Å². The summed E-state index contributed by atoms with van der Waals surface area (Å²) in [7, 11) is 1.40. The number of esters is 1. The van der Waals surface area contributed by atoms with Crippen LogP contribution in [0, 0.1) is 0 Å². The molecule has 4 heteroatoms. The summed E-state index contributed by atoms with van der Waals surface area (Å²) in [5.74, 6) is -0.232. The molecule has 0 spiro atoms. The molecule has 15 heavy (non-hydrogen) atoms. The summed E-state index contributed by atoms with van der Waals surface area (Å²) in [6.45, 7) is 0. The lowest BCUT2D eigenvalue weighted by Crippen LogP contribution is -2.34.